The highest BCUT2D eigenvalue weighted by Gasteiger charge is 2.24. The Morgan fingerprint density at radius 3 is 2.79 bits per heavy atom. The molecule has 0 radical (unpaired) electrons. The predicted molar refractivity (Wildman–Crippen MR) is 110 cm³/mol. The van der Waals surface area contributed by atoms with Gasteiger partial charge in [-0.3, -0.25) is 14.9 Å². The van der Waals surface area contributed by atoms with E-state index in [1.807, 2.05) is 50.2 Å². The number of benzene rings is 2. The molecule has 0 aliphatic carbocycles. The molecule has 2 aromatic carbocycles. The molecule has 1 aromatic heterocycles. The topological polar surface area (TPSA) is 80.3 Å². The summed E-state index contributed by atoms with van der Waals surface area (Å²) < 4.78 is 5.60. The van der Waals surface area contributed by atoms with Crippen LogP contribution in [0.15, 0.2) is 42.5 Å². The third-order valence-electron chi connectivity index (χ3n) is 4.59. The molecule has 0 saturated carbocycles. The first-order valence-electron chi connectivity index (χ1n) is 8.88. The largest absolute Gasteiger partial charge is 0.479 e. The Hall–Kier alpha value is -3.19. The Kier molecular flexibility index (Phi) is 4.60. The van der Waals surface area contributed by atoms with E-state index in [2.05, 4.69) is 15.6 Å². The molecule has 1 aliphatic heterocycles. The molecule has 7 heteroatoms. The van der Waals surface area contributed by atoms with Gasteiger partial charge in [0.1, 0.15) is 5.75 Å². The maximum absolute atomic E-state index is 12.5. The van der Waals surface area contributed by atoms with Gasteiger partial charge in [0.05, 0.1) is 11.4 Å². The highest BCUT2D eigenvalue weighted by molar-refractivity contribution is 7.16. The minimum absolute atomic E-state index is 0.175. The molecule has 28 heavy (non-hydrogen) atoms. The van der Waals surface area contributed by atoms with Gasteiger partial charge in [-0.1, -0.05) is 18.2 Å². The number of carbonyl (C=O) groups excluding carboxylic acids is 2. The van der Waals surface area contributed by atoms with E-state index in [0.29, 0.717) is 22.1 Å². The molecule has 0 fully saturated rings. The van der Waals surface area contributed by atoms with Gasteiger partial charge in [-0.15, -0.1) is 11.3 Å². The number of nitrogens with zero attached hydrogens (tertiary/aromatic N) is 1. The summed E-state index contributed by atoms with van der Waals surface area (Å²) in [5, 5.41) is 6.26. The molecule has 2 amide bonds. The lowest BCUT2D eigenvalue weighted by Gasteiger charge is -2.23. The first-order valence-corrected chi connectivity index (χ1v) is 9.70. The Bertz CT molecular complexity index is 1090. The standard InChI is InChI=1S/C21H19N3O3S/c1-11-6-4-5-7-15(11)20(26)24-21-23-18(13(3)28-21)14-8-9-17-16(10-14)22-19(25)12(2)27-17/h4-10,12H,1-3H3,(H,22,25)(H,23,24,26). The monoisotopic (exact) mass is 393 g/mol. The van der Waals surface area contributed by atoms with Crippen LogP contribution in [0.3, 0.4) is 0 Å². The van der Waals surface area contributed by atoms with E-state index in [0.717, 1.165) is 21.7 Å². The average molecular weight is 393 g/mol. The summed E-state index contributed by atoms with van der Waals surface area (Å²) in [6.07, 6.45) is -0.511. The maximum atomic E-state index is 12.5. The molecule has 1 aliphatic rings. The summed E-state index contributed by atoms with van der Waals surface area (Å²) in [5.41, 5.74) is 3.77. The molecular weight excluding hydrogens is 374 g/mol. The summed E-state index contributed by atoms with van der Waals surface area (Å²) in [5.74, 6) is 0.279. The fraction of sp³-hybridized carbons (Fsp3) is 0.190. The Balaban J connectivity index is 1.60. The summed E-state index contributed by atoms with van der Waals surface area (Å²) in [6, 6.07) is 13.0. The van der Waals surface area contributed by atoms with Crippen LogP contribution >= 0.6 is 11.3 Å². The van der Waals surface area contributed by atoms with Crippen molar-refractivity contribution >= 4 is 34.0 Å². The van der Waals surface area contributed by atoms with Crippen molar-refractivity contribution in [3.8, 4) is 17.0 Å². The lowest BCUT2D eigenvalue weighted by molar-refractivity contribution is -0.122. The second kappa shape index (κ2) is 7.09. The molecule has 142 valence electrons. The number of carbonyl (C=O) groups is 2. The van der Waals surface area contributed by atoms with Crippen molar-refractivity contribution in [2.24, 2.45) is 0 Å². The molecule has 0 saturated heterocycles. The van der Waals surface area contributed by atoms with Gasteiger partial charge in [0.2, 0.25) is 0 Å². The highest BCUT2D eigenvalue weighted by atomic mass is 32.1. The first-order chi connectivity index (χ1) is 13.4. The lowest BCUT2D eigenvalue weighted by atomic mass is 10.1. The maximum Gasteiger partial charge on any atom is 0.265 e. The molecule has 1 atom stereocenters. The molecule has 0 bridgehead atoms. The van der Waals surface area contributed by atoms with E-state index in [1.54, 1.807) is 13.0 Å². The minimum Gasteiger partial charge on any atom is -0.479 e. The lowest BCUT2D eigenvalue weighted by Crippen LogP contribution is -2.34. The number of hydrogen-bond donors (Lipinski definition) is 2. The molecule has 3 aromatic rings. The minimum atomic E-state index is -0.511. The second-order valence-electron chi connectivity index (χ2n) is 6.65. The molecule has 4 rings (SSSR count). The predicted octanol–water partition coefficient (Wildman–Crippen LogP) is 4.40. The van der Waals surface area contributed by atoms with Crippen molar-refractivity contribution in [1.29, 1.82) is 0 Å². The van der Waals surface area contributed by atoms with Crippen LogP contribution in [-0.2, 0) is 4.79 Å². The van der Waals surface area contributed by atoms with Gasteiger partial charge in [0.25, 0.3) is 11.8 Å². The summed E-state index contributed by atoms with van der Waals surface area (Å²) in [4.78, 5) is 30.0. The van der Waals surface area contributed by atoms with Gasteiger partial charge in [-0.05, 0) is 50.6 Å². The molecule has 2 N–H and O–H groups in total. The van der Waals surface area contributed by atoms with Crippen molar-refractivity contribution in [2.45, 2.75) is 26.9 Å². The summed E-state index contributed by atoms with van der Waals surface area (Å²) in [7, 11) is 0. The zero-order chi connectivity index (χ0) is 19.8. The van der Waals surface area contributed by atoms with E-state index in [1.165, 1.54) is 11.3 Å². The van der Waals surface area contributed by atoms with Crippen molar-refractivity contribution in [2.75, 3.05) is 10.6 Å². The Morgan fingerprint density at radius 1 is 1.21 bits per heavy atom. The third-order valence-corrected chi connectivity index (χ3v) is 5.48. The number of hydrogen-bond acceptors (Lipinski definition) is 5. The SMILES string of the molecule is Cc1ccccc1C(=O)Nc1nc(-c2ccc3c(c2)NC(=O)C(C)O3)c(C)s1. The fourth-order valence-electron chi connectivity index (χ4n) is 3.07. The Morgan fingerprint density at radius 2 is 2.00 bits per heavy atom. The van der Waals surface area contributed by atoms with Crippen molar-refractivity contribution < 1.29 is 14.3 Å². The molecule has 1 unspecified atom stereocenters. The molecular formula is C21H19N3O3S. The van der Waals surface area contributed by atoms with Crippen LogP contribution in [0, 0.1) is 13.8 Å². The highest BCUT2D eigenvalue weighted by Crippen LogP contribution is 2.37. The zero-order valence-electron chi connectivity index (χ0n) is 15.7. The number of aromatic nitrogens is 1. The van der Waals surface area contributed by atoms with Gasteiger partial charge in [-0.2, -0.15) is 0 Å². The van der Waals surface area contributed by atoms with E-state index in [4.69, 9.17) is 4.74 Å². The van der Waals surface area contributed by atoms with Gasteiger partial charge < -0.3 is 10.1 Å². The number of aryl methyl sites for hydroxylation is 2. The number of thiazole rings is 1. The van der Waals surface area contributed by atoms with E-state index in [-0.39, 0.29) is 11.8 Å². The number of fused-ring (bicyclic) bond motifs is 1. The molecule has 0 spiro atoms. The smallest absolute Gasteiger partial charge is 0.265 e. The second-order valence-corrected chi connectivity index (χ2v) is 7.86. The van der Waals surface area contributed by atoms with E-state index < -0.39 is 6.10 Å². The number of anilines is 2. The van der Waals surface area contributed by atoms with Crippen molar-refractivity contribution in [3.05, 3.63) is 58.5 Å². The number of rotatable bonds is 3. The number of ether oxygens (including phenoxy) is 1. The van der Waals surface area contributed by atoms with Crippen molar-refractivity contribution in [1.82, 2.24) is 4.98 Å². The van der Waals surface area contributed by atoms with Crippen LogP contribution < -0.4 is 15.4 Å². The Labute approximate surface area is 166 Å². The van der Waals surface area contributed by atoms with Crippen LogP contribution in [0.2, 0.25) is 0 Å². The van der Waals surface area contributed by atoms with Crippen LogP contribution in [0.1, 0.15) is 27.7 Å². The average Bonchev–Trinajstić information content (AvgIpc) is 3.02. The van der Waals surface area contributed by atoms with E-state index in [9.17, 15) is 9.59 Å². The van der Waals surface area contributed by atoms with Crippen LogP contribution in [0.4, 0.5) is 10.8 Å². The summed E-state index contributed by atoms with van der Waals surface area (Å²) in [6.45, 7) is 5.56. The van der Waals surface area contributed by atoms with Gasteiger partial charge >= 0.3 is 0 Å². The van der Waals surface area contributed by atoms with Gasteiger partial charge in [-0.25, -0.2) is 4.98 Å². The number of amides is 2. The van der Waals surface area contributed by atoms with E-state index >= 15 is 0 Å². The normalized spacial score (nSPS) is 15.4. The van der Waals surface area contributed by atoms with Crippen molar-refractivity contribution in [3.63, 3.8) is 0 Å². The summed E-state index contributed by atoms with van der Waals surface area (Å²) >= 11 is 1.41. The van der Waals surface area contributed by atoms with Gasteiger partial charge in [0, 0.05) is 16.0 Å². The third kappa shape index (κ3) is 3.36. The van der Waals surface area contributed by atoms with Crippen LogP contribution in [0.5, 0.6) is 5.75 Å². The van der Waals surface area contributed by atoms with Gasteiger partial charge in [0.15, 0.2) is 11.2 Å². The van der Waals surface area contributed by atoms with Crippen LogP contribution in [0.25, 0.3) is 11.3 Å². The first kappa shape index (κ1) is 18.2. The quantitative estimate of drug-likeness (QED) is 0.691. The van der Waals surface area contributed by atoms with Crippen LogP contribution in [-0.4, -0.2) is 22.9 Å². The molecule has 2 heterocycles. The number of nitrogens with one attached hydrogen (secondary N) is 2. The fourth-order valence-corrected chi connectivity index (χ4v) is 3.90. The molecule has 6 nitrogen and oxygen atoms in total. The zero-order valence-corrected chi connectivity index (χ0v) is 16.5.